The third-order valence-electron chi connectivity index (χ3n) is 5.15. The lowest BCUT2D eigenvalue weighted by Crippen LogP contribution is -2.45. The molecule has 1 N–H and O–H groups in total. The van der Waals surface area contributed by atoms with Gasteiger partial charge in [0.15, 0.2) is 0 Å². The van der Waals surface area contributed by atoms with Crippen molar-refractivity contribution in [1.29, 1.82) is 0 Å². The van der Waals surface area contributed by atoms with Crippen LogP contribution >= 0.6 is 0 Å². The maximum atomic E-state index is 3.69. The van der Waals surface area contributed by atoms with Gasteiger partial charge in [-0.05, 0) is 69.2 Å². The molecule has 0 spiro atoms. The third kappa shape index (κ3) is 3.87. The molecule has 1 heterocycles. The zero-order valence-corrected chi connectivity index (χ0v) is 13.7. The van der Waals surface area contributed by atoms with Crippen LogP contribution in [0, 0.1) is 0 Å². The lowest BCUT2D eigenvalue weighted by molar-refractivity contribution is 0.177. The zero-order valence-electron chi connectivity index (χ0n) is 13.7. The Morgan fingerprint density at radius 2 is 2.00 bits per heavy atom. The Bertz CT molecular complexity index is 461. The van der Waals surface area contributed by atoms with Crippen molar-refractivity contribution in [2.24, 2.45) is 0 Å². The van der Waals surface area contributed by atoms with Crippen LogP contribution in [0.25, 0.3) is 0 Å². The average Bonchev–Trinajstić information content (AvgIpc) is 2.95. The van der Waals surface area contributed by atoms with E-state index in [2.05, 4.69) is 42.3 Å². The molecule has 0 radical (unpaired) electrons. The minimum Gasteiger partial charge on any atom is -0.313 e. The van der Waals surface area contributed by atoms with Crippen LogP contribution in [0.4, 0.5) is 0 Å². The van der Waals surface area contributed by atoms with Crippen molar-refractivity contribution in [1.82, 2.24) is 10.2 Å². The SMILES string of the molecule is CC(C)N(Cc1ccc2c(c1)CCC2)CC1CCCCN1. The number of benzene rings is 1. The molecule has 0 aromatic heterocycles. The van der Waals surface area contributed by atoms with Crippen molar-refractivity contribution in [3.05, 3.63) is 34.9 Å². The standard InChI is InChI=1S/C19H30N2/c1-15(2)21(14-19-8-3-4-11-20-19)13-16-9-10-17-6-5-7-18(17)12-16/h9-10,12,15,19-20H,3-8,11,13-14H2,1-2H3. The van der Waals surface area contributed by atoms with Crippen LogP contribution in [0.3, 0.4) is 0 Å². The molecule has 1 aromatic carbocycles. The molecule has 21 heavy (non-hydrogen) atoms. The Labute approximate surface area is 129 Å². The maximum absolute atomic E-state index is 3.69. The molecule has 1 aliphatic heterocycles. The summed E-state index contributed by atoms with van der Waals surface area (Å²) in [6, 6.07) is 8.49. The first-order valence-electron chi connectivity index (χ1n) is 8.80. The number of nitrogens with zero attached hydrogens (tertiary/aromatic N) is 1. The molecule has 2 nitrogen and oxygen atoms in total. The zero-order chi connectivity index (χ0) is 14.7. The molecular weight excluding hydrogens is 256 g/mol. The van der Waals surface area contributed by atoms with Crippen LogP contribution in [0.2, 0.25) is 0 Å². The van der Waals surface area contributed by atoms with Crippen LogP contribution in [-0.2, 0) is 19.4 Å². The number of rotatable bonds is 5. The number of piperidine rings is 1. The smallest absolute Gasteiger partial charge is 0.0237 e. The molecule has 0 saturated carbocycles. The first kappa shape index (κ1) is 15.1. The highest BCUT2D eigenvalue weighted by atomic mass is 15.2. The number of fused-ring (bicyclic) bond motifs is 1. The van der Waals surface area contributed by atoms with Gasteiger partial charge in [0.25, 0.3) is 0 Å². The van der Waals surface area contributed by atoms with Crippen molar-refractivity contribution in [3.8, 4) is 0 Å². The van der Waals surface area contributed by atoms with E-state index < -0.39 is 0 Å². The maximum Gasteiger partial charge on any atom is 0.0237 e. The summed E-state index contributed by atoms with van der Waals surface area (Å²) in [6.45, 7) is 8.15. The van der Waals surface area contributed by atoms with E-state index >= 15 is 0 Å². The summed E-state index contributed by atoms with van der Waals surface area (Å²) in [5.74, 6) is 0. The Balaban J connectivity index is 1.64. The lowest BCUT2D eigenvalue weighted by Gasteiger charge is -2.33. The van der Waals surface area contributed by atoms with E-state index in [9.17, 15) is 0 Å². The van der Waals surface area contributed by atoms with Crippen LogP contribution in [0.15, 0.2) is 18.2 Å². The van der Waals surface area contributed by atoms with Crippen LogP contribution in [0.5, 0.6) is 0 Å². The second kappa shape index (κ2) is 6.93. The minimum absolute atomic E-state index is 0.613. The Morgan fingerprint density at radius 1 is 1.14 bits per heavy atom. The molecule has 1 aromatic rings. The van der Waals surface area contributed by atoms with E-state index in [0.717, 1.165) is 6.54 Å². The minimum atomic E-state index is 0.613. The van der Waals surface area contributed by atoms with Crippen molar-refractivity contribution in [2.45, 2.75) is 71.0 Å². The first-order chi connectivity index (χ1) is 10.2. The monoisotopic (exact) mass is 286 g/mol. The molecule has 1 atom stereocenters. The summed E-state index contributed by atoms with van der Waals surface area (Å²) in [5, 5.41) is 3.69. The van der Waals surface area contributed by atoms with E-state index in [1.807, 2.05) is 0 Å². The van der Waals surface area contributed by atoms with Gasteiger partial charge in [-0.2, -0.15) is 0 Å². The molecular formula is C19H30N2. The molecule has 1 unspecified atom stereocenters. The van der Waals surface area contributed by atoms with Gasteiger partial charge in [0, 0.05) is 25.2 Å². The molecule has 2 aliphatic rings. The average molecular weight is 286 g/mol. The summed E-state index contributed by atoms with van der Waals surface area (Å²) < 4.78 is 0. The second-order valence-corrected chi connectivity index (χ2v) is 7.13. The van der Waals surface area contributed by atoms with Crippen molar-refractivity contribution >= 4 is 0 Å². The molecule has 1 saturated heterocycles. The molecule has 116 valence electrons. The quantitative estimate of drug-likeness (QED) is 0.891. The van der Waals surface area contributed by atoms with Crippen LogP contribution in [-0.4, -0.2) is 30.1 Å². The van der Waals surface area contributed by atoms with Crippen molar-refractivity contribution < 1.29 is 0 Å². The second-order valence-electron chi connectivity index (χ2n) is 7.13. The number of nitrogens with one attached hydrogen (secondary N) is 1. The lowest BCUT2D eigenvalue weighted by atomic mass is 10.0. The van der Waals surface area contributed by atoms with Gasteiger partial charge in [-0.25, -0.2) is 0 Å². The van der Waals surface area contributed by atoms with Gasteiger partial charge in [-0.1, -0.05) is 24.6 Å². The van der Waals surface area contributed by atoms with Gasteiger partial charge in [-0.3, -0.25) is 4.90 Å². The van der Waals surface area contributed by atoms with Crippen LogP contribution in [0.1, 0.15) is 56.2 Å². The van der Waals surface area contributed by atoms with E-state index in [1.54, 1.807) is 11.1 Å². The van der Waals surface area contributed by atoms with E-state index in [-0.39, 0.29) is 0 Å². The fourth-order valence-corrected chi connectivity index (χ4v) is 3.78. The van der Waals surface area contributed by atoms with Gasteiger partial charge in [-0.15, -0.1) is 0 Å². The third-order valence-corrected chi connectivity index (χ3v) is 5.15. The topological polar surface area (TPSA) is 15.3 Å². The van der Waals surface area contributed by atoms with Gasteiger partial charge >= 0.3 is 0 Å². The molecule has 3 rings (SSSR count). The Kier molecular flexibility index (Phi) is 4.97. The normalized spacial score (nSPS) is 22.0. The first-order valence-corrected chi connectivity index (χ1v) is 8.80. The molecule has 2 heteroatoms. The predicted octanol–water partition coefficient (Wildman–Crippen LogP) is 3.53. The fraction of sp³-hybridized carbons (Fsp3) is 0.684. The van der Waals surface area contributed by atoms with E-state index in [1.165, 1.54) is 57.2 Å². The number of hydrogen-bond donors (Lipinski definition) is 1. The predicted molar refractivity (Wildman–Crippen MR) is 89.7 cm³/mol. The van der Waals surface area contributed by atoms with Gasteiger partial charge < -0.3 is 5.32 Å². The van der Waals surface area contributed by atoms with Crippen molar-refractivity contribution in [2.75, 3.05) is 13.1 Å². The summed E-state index contributed by atoms with van der Waals surface area (Å²) in [7, 11) is 0. The Hall–Kier alpha value is -0.860. The van der Waals surface area contributed by atoms with Crippen LogP contribution < -0.4 is 5.32 Å². The Morgan fingerprint density at radius 3 is 2.76 bits per heavy atom. The fourth-order valence-electron chi connectivity index (χ4n) is 3.78. The highest BCUT2D eigenvalue weighted by molar-refractivity contribution is 5.35. The molecule has 1 aliphatic carbocycles. The molecule has 1 fully saturated rings. The molecule has 0 amide bonds. The largest absolute Gasteiger partial charge is 0.313 e. The molecule has 0 bridgehead atoms. The summed E-state index contributed by atoms with van der Waals surface area (Å²) in [4.78, 5) is 2.64. The highest BCUT2D eigenvalue weighted by Gasteiger charge is 2.19. The van der Waals surface area contributed by atoms with Gasteiger partial charge in [0.1, 0.15) is 0 Å². The van der Waals surface area contributed by atoms with Gasteiger partial charge in [0.2, 0.25) is 0 Å². The summed E-state index contributed by atoms with van der Waals surface area (Å²) >= 11 is 0. The van der Waals surface area contributed by atoms with Gasteiger partial charge in [0.05, 0.1) is 0 Å². The summed E-state index contributed by atoms with van der Waals surface area (Å²) in [6.07, 6.45) is 8.00. The highest BCUT2D eigenvalue weighted by Crippen LogP contribution is 2.24. The summed E-state index contributed by atoms with van der Waals surface area (Å²) in [5.41, 5.74) is 4.69. The van der Waals surface area contributed by atoms with Crippen molar-refractivity contribution in [3.63, 3.8) is 0 Å². The van der Waals surface area contributed by atoms with E-state index in [0.29, 0.717) is 12.1 Å². The van der Waals surface area contributed by atoms with E-state index in [4.69, 9.17) is 0 Å². The number of hydrogen-bond acceptors (Lipinski definition) is 2. The number of aryl methyl sites for hydroxylation is 2.